The Morgan fingerprint density at radius 1 is 0.562 bits per heavy atom. The number of halogens is 3. The van der Waals surface area contributed by atoms with Gasteiger partial charge in [0.1, 0.15) is 0 Å². The number of carboxylic acid groups (broad SMARTS) is 1. The summed E-state index contributed by atoms with van der Waals surface area (Å²) >= 11 is 0. The monoisotopic (exact) mass is 467 g/mol. The van der Waals surface area contributed by atoms with E-state index < -0.39 is 12.1 Å². The van der Waals surface area contributed by atoms with E-state index in [4.69, 9.17) is 9.90 Å². The molecular formula is C26H52F3NO2. The topological polar surface area (TPSA) is 40.5 Å². The van der Waals surface area contributed by atoms with E-state index in [0.29, 0.717) is 0 Å². The third kappa shape index (κ3) is 27.3. The second-order valence-electron chi connectivity index (χ2n) is 8.95. The Labute approximate surface area is 196 Å². The van der Waals surface area contributed by atoms with Crippen LogP contribution in [-0.4, -0.2) is 41.8 Å². The first-order chi connectivity index (χ1) is 15.3. The molecule has 0 amide bonds. The molecule has 0 aromatic rings. The molecule has 0 rings (SSSR count). The lowest BCUT2D eigenvalue weighted by molar-refractivity contribution is -0.192. The highest BCUT2D eigenvalue weighted by Gasteiger charge is 2.38. The number of hydrogen-bond acceptors (Lipinski definition) is 2. The molecule has 0 spiro atoms. The van der Waals surface area contributed by atoms with Crippen LogP contribution in [0.1, 0.15) is 136 Å². The van der Waals surface area contributed by atoms with E-state index in [-0.39, 0.29) is 0 Å². The summed E-state index contributed by atoms with van der Waals surface area (Å²) < 4.78 is 31.7. The molecule has 3 nitrogen and oxygen atoms in total. The van der Waals surface area contributed by atoms with Gasteiger partial charge in [-0.05, 0) is 38.9 Å². The Morgan fingerprint density at radius 3 is 1.00 bits per heavy atom. The zero-order valence-corrected chi connectivity index (χ0v) is 21.3. The minimum absolute atomic E-state index is 1.36. The first-order valence-corrected chi connectivity index (χ1v) is 13.3. The Kier molecular flexibility index (Phi) is 25.9. The van der Waals surface area contributed by atoms with Crippen LogP contribution in [0.25, 0.3) is 0 Å². The molecule has 0 saturated heterocycles. The van der Waals surface area contributed by atoms with Gasteiger partial charge < -0.3 is 10.0 Å². The summed E-state index contributed by atoms with van der Waals surface area (Å²) in [4.78, 5) is 11.7. The summed E-state index contributed by atoms with van der Waals surface area (Å²) in [6.45, 7) is 11.0. The van der Waals surface area contributed by atoms with Gasteiger partial charge in [0.15, 0.2) is 0 Å². The van der Waals surface area contributed by atoms with Crippen LogP contribution < -0.4 is 0 Å². The Bertz CT molecular complexity index is 352. The fourth-order valence-corrected chi connectivity index (χ4v) is 3.68. The number of aliphatic carboxylic acids is 1. The molecule has 0 aliphatic rings. The van der Waals surface area contributed by atoms with Crippen molar-refractivity contribution in [1.29, 1.82) is 0 Å². The van der Waals surface area contributed by atoms with Gasteiger partial charge in [0, 0.05) is 0 Å². The summed E-state index contributed by atoms with van der Waals surface area (Å²) in [5.41, 5.74) is 0. The quantitative estimate of drug-likeness (QED) is 0.171. The second-order valence-corrected chi connectivity index (χ2v) is 8.95. The highest BCUT2D eigenvalue weighted by atomic mass is 19.4. The van der Waals surface area contributed by atoms with Gasteiger partial charge in [-0.15, -0.1) is 0 Å². The fourth-order valence-electron chi connectivity index (χ4n) is 3.68. The Hall–Kier alpha value is -0.780. The minimum atomic E-state index is -5.08. The molecule has 0 saturated carbocycles. The van der Waals surface area contributed by atoms with Crippen LogP contribution in [0, 0.1) is 0 Å². The maximum absolute atomic E-state index is 10.6. The normalized spacial score (nSPS) is 11.5. The maximum atomic E-state index is 10.6. The standard InChI is InChI=1S/C24H51N.C2HF3O2/c1-4-7-10-13-16-19-22-25(23-20-17-14-11-8-5-2)24-21-18-15-12-9-6-3;3-2(4,5)1(6)7/h4-24H2,1-3H3;(H,6,7). The first kappa shape index (κ1) is 33.4. The number of carboxylic acids is 1. The molecule has 1 N–H and O–H groups in total. The van der Waals surface area contributed by atoms with E-state index in [1.54, 1.807) is 0 Å². The highest BCUT2D eigenvalue weighted by Crippen LogP contribution is 2.13. The van der Waals surface area contributed by atoms with Gasteiger partial charge >= 0.3 is 12.1 Å². The molecule has 6 heteroatoms. The van der Waals surface area contributed by atoms with Crippen LogP contribution in [0.2, 0.25) is 0 Å². The molecule has 0 unspecified atom stereocenters. The van der Waals surface area contributed by atoms with Crippen LogP contribution in [0.3, 0.4) is 0 Å². The number of unbranched alkanes of at least 4 members (excludes halogenated alkanes) is 15. The van der Waals surface area contributed by atoms with Gasteiger partial charge in [0.2, 0.25) is 0 Å². The third-order valence-electron chi connectivity index (χ3n) is 5.73. The number of carbonyl (C=O) groups is 1. The molecule has 0 fully saturated rings. The summed E-state index contributed by atoms with van der Waals surface area (Å²) in [5, 5.41) is 7.12. The maximum Gasteiger partial charge on any atom is 0.490 e. The average molecular weight is 468 g/mol. The lowest BCUT2D eigenvalue weighted by Crippen LogP contribution is -2.27. The average Bonchev–Trinajstić information content (AvgIpc) is 2.74. The van der Waals surface area contributed by atoms with Crippen molar-refractivity contribution < 1.29 is 23.1 Å². The largest absolute Gasteiger partial charge is 0.490 e. The van der Waals surface area contributed by atoms with Crippen LogP contribution in [-0.2, 0) is 4.79 Å². The SMILES string of the molecule is CCCCCCCCN(CCCCCCCC)CCCCCCCC.O=C(O)C(F)(F)F. The van der Waals surface area contributed by atoms with Gasteiger partial charge in [-0.25, -0.2) is 4.79 Å². The van der Waals surface area contributed by atoms with Crippen molar-refractivity contribution in [3.8, 4) is 0 Å². The number of nitrogens with zero attached hydrogens (tertiary/aromatic N) is 1. The number of rotatable bonds is 21. The van der Waals surface area contributed by atoms with Gasteiger partial charge in [0.25, 0.3) is 0 Å². The van der Waals surface area contributed by atoms with Crippen LogP contribution in [0.5, 0.6) is 0 Å². The van der Waals surface area contributed by atoms with Crippen molar-refractivity contribution in [1.82, 2.24) is 4.90 Å². The molecule has 0 atom stereocenters. The molecule has 32 heavy (non-hydrogen) atoms. The molecule has 0 aromatic carbocycles. The van der Waals surface area contributed by atoms with E-state index in [1.165, 1.54) is 135 Å². The van der Waals surface area contributed by atoms with E-state index in [0.717, 1.165) is 0 Å². The van der Waals surface area contributed by atoms with E-state index >= 15 is 0 Å². The second kappa shape index (κ2) is 24.9. The van der Waals surface area contributed by atoms with Gasteiger partial charge in [-0.2, -0.15) is 13.2 Å². The smallest absolute Gasteiger partial charge is 0.475 e. The molecule has 0 radical (unpaired) electrons. The zero-order chi connectivity index (χ0) is 24.5. The van der Waals surface area contributed by atoms with E-state index in [1.807, 2.05) is 0 Å². The predicted molar refractivity (Wildman–Crippen MR) is 130 cm³/mol. The van der Waals surface area contributed by atoms with Crippen molar-refractivity contribution in [2.45, 2.75) is 143 Å². The van der Waals surface area contributed by atoms with Crippen molar-refractivity contribution >= 4 is 5.97 Å². The summed E-state index contributed by atoms with van der Waals surface area (Å²) in [7, 11) is 0. The van der Waals surface area contributed by atoms with Crippen LogP contribution >= 0.6 is 0 Å². The molecule has 0 aliphatic carbocycles. The molecule has 0 heterocycles. The predicted octanol–water partition coefficient (Wildman–Crippen LogP) is 9.00. The lowest BCUT2D eigenvalue weighted by atomic mass is 10.1. The Balaban J connectivity index is 0. The van der Waals surface area contributed by atoms with Crippen molar-refractivity contribution in [3.05, 3.63) is 0 Å². The van der Waals surface area contributed by atoms with Crippen molar-refractivity contribution in [2.24, 2.45) is 0 Å². The summed E-state index contributed by atoms with van der Waals surface area (Å²) in [6.07, 6.45) is 20.6. The van der Waals surface area contributed by atoms with E-state index in [2.05, 4.69) is 25.7 Å². The first-order valence-electron chi connectivity index (χ1n) is 13.3. The molecule has 0 bridgehead atoms. The number of alkyl halides is 3. The van der Waals surface area contributed by atoms with Gasteiger partial charge in [0.05, 0.1) is 0 Å². The molecule has 0 aliphatic heterocycles. The Morgan fingerprint density at radius 2 is 0.781 bits per heavy atom. The zero-order valence-electron chi connectivity index (χ0n) is 21.3. The van der Waals surface area contributed by atoms with Crippen molar-refractivity contribution in [3.63, 3.8) is 0 Å². The molecular weight excluding hydrogens is 415 g/mol. The van der Waals surface area contributed by atoms with Crippen LogP contribution in [0.15, 0.2) is 0 Å². The minimum Gasteiger partial charge on any atom is -0.475 e. The molecule has 194 valence electrons. The lowest BCUT2D eigenvalue weighted by Gasteiger charge is -2.22. The van der Waals surface area contributed by atoms with Crippen LogP contribution in [0.4, 0.5) is 13.2 Å². The van der Waals surface area contributed by atoms with Gasteiger partial charge in [-0.1, -0.05) is 117 Å². The highest BCUT2D eigenvalue weighted by molar-refractivity contribution is 5.73. The fraction of sp³-hybridized carbons (Fsp3) is 0.962. The van der Waals surface area contributed by atoms with Gasteiger partial charge in [-0.3, -0.25) is 0 Å². The van der Waals surface area contributed by atoms with E-state index in [9.17, 15) is 13.2 Å². The summed E-state index contributed by atoms with van der Waals surface area (Å²) in [6, 6.07) is 0. The summed E-state index contributed by atoms with van der Waals surface area (Å²) in [5.74, 6) is -2.76. The number of hydrogen-bond donors (Lipinski definition) is 1. The molecule has 0 aromatic heterocycles. The van der Waals surface area contributed by atoms with Crippen molar-refractivity contribution in [2.75, 3.05) is 19.6 Å². The third-order valence-corrected chi connectivity index (χ3v) is 5.73.